The third-order valence-electron chi connectivity index (χ3n) is 3.65. The second kappa shape index (κ2) is 6.86. The first-order valence-corrected chi connectivity index (χ1v) is 8.38. The monoisotopic (exact) mass is 299 g/mol. The minimum atomic E-state index is -3.25. The highest BCUT2D eigenvalue weighted by atomic mass is 31.2. The Kier molecular flexibility index (Phi) is 5.96. The van der Waals surface area contributed by atoms with Gasteiger partial charge in [-0.1, -0.05) is 51.1 Å². The molecule has 0 aromatic heterocycles. The predicted molar refractivity (Wildman–Crippen MR) is 82.9 cm³/mol. The number of hydrogen-bond donors (Lipinski definition) is 1. The summed E-state index contributed by atoms with van der Waals surface area (Å²) in [4.78, 5) is 0. The molecule has 4 nitrogen and oxygen atoms in total. The fourth-order valence-electron chi connectivity index (χ4n) is 1.78. The molecule has 0 saturated carbocycles. The van der Waals surface area contributed by atoms with E-state index in [2.05, 4.69) is 33.0 Å². The number of rotatable bonds is 6. The van der Waals surface area contributed by atoms with Crippen molar-refractivity contribution in [2.75, 3.05) is 14.2 Å². The van der Waals surface area contributed by atoms with E-state index in [-0.39, 0.29) is 11.5 Å². The fraction of sp³-hybridized carbons (Fsp3) is 0.600. The van der Waals surface area contributed by atoms with Crippen molar-refractivity contribution in [3.05, 3.63) is 35.9 Å². The first-order valence-electron chi connectivity index (χ1n) is 6.77. The highest BCUT2D eigenvalue weighted by Gasteiger charge is 2.37. The smallest absolute Gasteiger partial charge is 0.311 e. The normalized spacial score (nSPS) is 15.9. The molecule has 0 aliphatic carbocycles. The summed E-state index contributed by atoms with van der Waals surface area (Å²) in [6.45, 7) is 8.48. The van der Waals surface area contributed by atoms with Crippen LogP contribution in [0.25, 0.3) is 0 Å². The molecule has 114 valence electrons. The molecule has 0 aliphatic heterocycles. The Morgan fingerprint density at radius 3 is 2.00 bits per heavy atom. The Balaban J connectivity index is 3.13. The maximum Gasteiger partial charge on any atom is 0.351 e. The third-order valence-corrected chi connectivity index (χ3v) is 5.74. The molecule has 0 amide bonds. The molecule has 1 rings (SSSR count). The van der Waals surface area contributed by atoms with Crippen LogP contribution in [0.15, 0.2) is 30.3 Å². The van der Waals surface area contributed by atoms with Gasteiger partial charge in [-0.15, -0.1) is 0 Å². The van der Waals surface area contributed by atoms with Crippen LogP contribution in [-0.2, 0) is 13.6 Å². The Morgan fingerprint density at radius 1 is 1.10 bits per heavy atom. The van der Waals surface area contributed by atoms with Crippen LogP contribution < -0.4 is 5.32 Å². The van der Waals surface area contributed by atoms with Gasteiger partial charge in [0.25, 0.3) is 0 Å². The van der Waals surface area contributed by atoms with E-state index in [0.29, 0.717) is 0 Å². The van der Waals surface area contributed by atoms with Gasteiger partial charge in [-0.25, -0.2) is 0 Å². The van der Waals surface area contributed by atoms with Gasteiger partial charge in [-0.2, -0.15) is 0 Å². The molecule has 0 radical (unpaired) electrons. The van der Waals surface area contributed by atoms with Crippen LogP contribution in [0.2, 0.25) is 0 Å². The molecule has 0 fully saturated rings. The Hall–Kier alpha value is -0.670. The van der Waals surface area contributed by atoms with Crippen molar-refractivity contribution in [1.29, 1.82) is 0 Å². The maximum absolute atomic E-state index is 12.8. The number of benzene rings is 1. The molecule has 0 spiro atoms. The molecule has 0 bridgehead atoms. The first kappa shape index (κ1) is 17.4. The molecule has 0 saturated heterocycles. The average Bonchev–Trinajstić information content (AvgIpc) is 2.43. The minimum Gasteiger partial charge on any atom is -0.311 e. The highest BCUT2D eigenvalue weighted by molar-refractivity contribution is 7.54. The largest absolute Gasteiger partial charge is 0.351 e. The summed E-state index contributed by atoms with van der Waals surface area (Å²) in [6.07, 6.45) is 0. The molecule has 2 atom stereocenters. The van der Waals surface area contributed by atoms with E-state index >= 15 is 0 Å². The van der Waals surface area contributed by atoms with Crippen LogP contribution in [0.3, 0.4) is 0 Å². The van der Waals surface area contributed by atoms with E-state index in [1.165, 1.54) is 14.2 Å². The van der Waals surface area contributed by atoms with Gasteiger partial charge >= 0.3 is 7.60 Å². The van der Waals surface area contributed by atoms with E-state index in [0.717, 1.165) is 5.56 Å². The summed E-state index contributed by atoms with van der Waals surface area (Å²) in [5.41, 5.74) is 0.940. The lowest BCUT2D eigenvalue weighted by atomic mass is 9.88. The molecule has 5 heteroatoms. The Bertz CT molecular complexity index is 448. The van der Waals surface area contributed by atoms with Gasteiger partial charge in [-0.05, 0) is 17.9 Å². The number of hydrogen-bond acceptors (Lipinski definition) is 4. The van der Waals surface area contributed by atoms with Crippen molar-refractivity contribution in [3.8, 4) is 0 Å². The predicted octanol–water partition coefficient (Wildman–Crippen LogP) is 4.20. The van der Waals surface area contributed by atoms with Gasteiger partial charge in [0, 0.05) is 20.3 Å². The lowest BCUT2D eigenvalue weighted by molar-refractivity contribution is 0.233. The molecule has 1 aromatic carbocycles. The van der Waals surface area contributed by atoms with Crippen LogP contribution in [0.1, 0.15) is 39.0 Å². The van der Waals surface area contributed by atoms with Crippen LogP contribution in [0.5, 0.6) is 0 Å². The third kappa shape index (κ3) is 4.16. The molecular weight excluding hydrogens is 273 g/mol. The van der Waals surface area contributed by atoms with Gasteiger partial charge in [0.1, 0.15) is 5.78 Å². The molecule has 1 aromatic rings. The SMILES string of the molecule is COP(=O)(OC)[C@H](N[C@@H](C)C(C)(C)C)c1ccccc1. The van der Waals surface area contributed by atoms with E-state index < -0.39 is 13.4 Å². The molecule has 20 heavy (non-hydrogen) atoms. The van der Waals surface area contributed by atoms with Crippen molar-refractivity contribution < 1.29 is 13.6 Å². The lowest BCUT2D eigenvalue weighted by Gasteiger charge is -2.34. The van der Waals surface area contributed by atoms with Gasteiger partial charge in [0.2, 0.25) is 0 Å². The van der Waals surface area contributed by atoms with Crippen LogP contribution in [-0.4, -0.2) is 20.3 Å². The van der Waals surface area contributed by atoms with E-state index in [4.69, 9.17) is 9.05 Å². The van der Waals surface area contributed by atoms with E-state index in [1.54, 1.807) is 0 Å². The molecular formula is C15H26NO3P. The first-order chi connectivity index (χ1) is 9.24. The molecule has 0 heterocycles. The molecule has 0 aliphatic rings. The highest BCUT2D eigenvalue weighted by Crippen LogP contribution is 2.58. The summed E-state index contributed by atoms with van der Waals surface area (Å²) >= 11 is 0. The van der Waals surface area contributed by atoms with Gasteiger partial charge < -0.3 is 9.05 Å². The van der Waals surface area contributed by atoms with E-state index in [1.807, 2.05) is 30.3 Å². The van der Waals surface area contributed by atoms with Crippen molar-refractivity contribution in [2.24, 2.45) is 5.41 Å². The van der Waals surface area contributed by atoms with Crippen molar-refractivity contribution >= 4 is 7.60 Å². The van der Waals surface area contributed by atoms with Crippen LogP contribution in [0, 0.1) is 5.41 Å². The van der Waals surface area contributed by atoms with Crippen molar-refractivity contribution in [3.63, 3.8) is 0 Å². The van der Waals surface area contributed by atoms with Crippen LogP contribution in [0.4, 0.5) is 0 Å². The number of nitrogens with one attached hydrogen (secondary N) is 1. The summed E-state index contributed by atoms with van der Waals surface area (Å²) in [6, 6.07) is 9.77. The quantitative estimate of drug-likeness (QED) is 0.800. The van der Waals surface area contributed by atoms with E-state index in [9.17, 15) is 4.57 Å². The summed E-state index contributed by atoms with van der Waals surface area (Å²) in [5.74, 6) is -0.479. The Morgan fingerprint density at radius 2 is 1.60 bits per heavy atom. The van der Waals surface area contributed by atoms with Gasteiger partial charge in [0.15, 0.2) is 0 Å². The summed E-state index contributed by atoms with van der Waals surface area (Å²) in [7, 11) is -0.407. The van der Waals surface area contributed by atoms with Crippen LogP contribution >= 0.6 is 7.60 Å². The standard InChI is InChI=1S/C15H26NO3P/c1-12(15(2,3)4)16-14(20(17,18-5)19-6)13-10-8-7-9-11-13/h7-12,14,16H,1-6H3/t12-,14-/m0/s1. The topological polar surface area (TPSA) is 47.6 Å². The van der Waals surface area contributed by atoms with Gasteiger partial charge in [0.05, 0.1) is 0 Å². The Labute approximate surface area is 122 Å². The van der Waals surface area contributed by atoms with Gasteiger partial charge in [-0.3, -0.25) is 9.88 Å². The zero-order valence-corrected chi connectivity index (χ0v) is 14.1. The fourth-order valence-corrected chi connectivity index (χ4v) is 3.29. The summed E-state index contributed by atoms with van der Waals surface area (Å²) < 4.78 is 23.2. The second-order valence-electron chi connectivity index (χ2n) is 5.97. The molecule has 0 unspecified atom stereocenters. The summed E-state index contributed by atoms with van der Waals surface area (Å²) in [5, 5.41) is 3.40. The zero-order valence-electron chi connectivity index (χ0n) is 13.2. The average molecular weight is 299 g/mol. The van der Waals surface area contributed by atoms with Crippen molar-refractivity contribution in [1.82, 2.24) is 5.32 Å². The minimum absolute atomic E-state index is 0.0410. The zero-order chi connectivity index (χ0) is 15.4. The lowest BCUT2D eigenvalue weighted by Crippen LogP contribution is -2.40. The van der Waals surface area contributed by atoms with Crippen molar-refractivity contribution in [2.45, 2.75) is 39.5 Å². The maximum atomic E-state index is 12.8. The second-order valence-corrected chi connectivity index (χ2v) is 8.30. The molecule has 1 N–H and O–H groups in total.